The molecule has 9 nitrogen and oxygen atoms in total. The van der Waals surface area contributed by atoms with Crippen LogP contribution < -0.4 is 0 Å². The molecule has 2 aliphatic heterocycles. The van der Waals surface area contributed by atoms with Crippen LogP contribution in [-0.4, -0.2) is 101 Å². The smallest absolute Gasteiger partial charge is 0.228 e. The van der Waals surface area contributed by atoms with Crippen LogP contribution in [0, 0.1) is 12.8 Å². The summed E-state index contributed by atoms with van der Waals surface area (Å²) in [5.41, 5.74) is 0. The summed E-state index contributed by atoms with van der Waals surface area (Å²) >= 11 is 0. The number of aryl methyl sites for hydroxylation is 1. The zero-order valence-electron chi connectivity index (χ0n) is 15.8. The number of rotatable bonds is 6. The Morgan fingerprint density at radius 1 is 1.27 bits per heavy atom. The van der Waals surface area contributed by atoms with Crippen molar-refractivity contribution < 1.29 is 14.1 Å². The third kappa shape index (κ3) is 4.59. The van der Waals surface area contributed by atoms with E-state index in [1.165, 1.54) is 0 Å². The lowest BCUT2D eigenvalue weighted by Crippen LogP contribution is -2.50. The Hall–Kier alpha value is -2.00. The number of likely N-dealkylation sites (tertiary alicyclic amines) is 1. The van der Waals surface area contributed by atoms with Gasteiger partial charge in [0.05, 0.1) is 12.5 Å². The van der Waals surface area contributed by atoms with E-state index in [4.69, 9.17) is 4.52 Å². The highest BCUT2D eigenvalue weighted by Gasteiger charge is 2.37. The largest absolute Gasteiger partial charge is 0.341 e. The van der Waals surface area contributed by atoms with Crippen LogP contribution in [0.25, 0.3) is 0 Å². The number of piperazine rings is 1. The zero-order chi connectivity index (χ0) is 18.7. The number of likely N-dealkylation sites (N-methyl/N-ethyl adjacent to an activating group) is 1. The van der Waals surface area contributed by atoms with Crippen molar-refractivity contribution in [1.82, 2.24) is 29.7 Å². The number of carbonyl (C=O) groups excluding carboxylic acids is 2. The molecule has 0 bridgehead atoms. The van der Waals surface area contributed by atoms with Crippen LogP contribution in [0.1, 0.15) is 18.1 Å². The summed E-state index contributed by atoms with van der Waals surface area (Å²) in [7, 11) is 3.97. The van der Waals surface area contributed by atoms with Crippen LogP contribution in [-0.2, 0) is 16.1 Å². The molecule has 2 fully saturated rings. The molecule has 0 saturated carbocycles. The van der Waals surface area contributed by atoms with Crippen molar-refractivity contribution in [3.63, 3.8) is 0 Å². The van der Waals surface area contributed by atoms with Gasteiger partial charge >= 0.3 is 0 Å². The second-order valence-electron chi connectivity index (χ2n) is 7.38. The van der Waals surface area contributed by atoms with Gasteiger partial charge in [0.25, 0.3) is 0 Å². The van der Waals surface area contributed by atoms with E-state index in [-0.39, 0.29) is 17.7 Å². The summed E-state index contributed by atoms with van der Waals surface area (Å²) in [5, 5.41) is 3.92. The van der Waals surface area contributed by atoms with Gasteiger partial charge in [0.1, 0.15) is 0 Å². The third-order valence-corrected chi connectivity index (χ3v) is 5.00. The molecule has 0 N–H and O–H groups in total. The number of hydrogen-bond donors (Lipinski definition) is 0. The topological polar surface area (TPSA) is 86.0 Å². The fourth-order valence-corrected chi connectivity index (χ4v) is 3.46. The van der Waals surface area contributed by atoms with E-state index < -0.39 is 0 Å². The summed E-state index contributed by atoms with van der Waals surface area (Å²) in [6, 6.07) is 0. The second-order valence-corrected chi connectivity index (χ2v) is 7.38. The molecule has 3 rings (SSSR count). The standard InChI is InChI=1S/C17H28N6O3/c1-13-18-15(19-26-13)12-21-5-8-22(9-6-21)17(25)14-10-16(24)23(11-14)7-4-20(2)3/h14H,4-12H2,1-3H3/t14-/m0/s1. The number of carbonyl (C=O) groups is 2. The maximum atomic E-state index is 12.8. The van der Waals surface area contributed by atoms with Crippen molar-refractivity contribution in [1.29, 1.82) is 0 Å². The zero-order valence-corrected chi connectivity index (χ0v) is 15.8. The van der Waals surface area contributed by atoms with Gasteiger partial charge in [-0.3, -0.25) is 14.5 Å². The molecule has 9 heteroatoms. The number of hydrogen-bond acceptors (Lipinski definition) is 7. The molecule has 0 aliphatic carbocycles. The molecule has 3 heterocycles. The first-order valence-electron chi connectivity index (χ1n) is 9.15. The lowest BCUT2D eigenvalue weighted by molar-refractivity contribution is -0.137. The molecular formula is C17H28N6O3. The average molecular weight is 364 g/mol. The SMILES string of the molecule is Cc1nc(CN2CCN(C(=O)[C@H]3CC(=O)N(CCN(C)C)C3)CC2)no1. The van der Waals surface area contributed by atoms with Crippen LogP contribution in [0.4, 0.5) is 0 Å². The van der Waals surface area contributed by atoms with E-state index in [0.717, 1.165) is 19.6 Å². The molecule has 2 amide bonds. The van der Waals surface area contributed by atoms with Crippen molar-refractivity contribution >= 4 is 11.8 Å². The number of amides is 2. The van der Waals surface area contributed by atoms with Gasteiger partial charge in [0, 0.05) is 59.2 Å². The predicted molar refractivity (Wildman–Crippen MR) is 94.1 cm³/mol. The van der Waals surface area contributed by atoms with Gasteiger partial charge in [-0.05, 0) is 14.1 Å². The van der Waals surface area contributed by atoms with Gasteiger partial charge in [-0.25, -0.2) is 0 Å². The summed E-state index contributed by atoms with van der Waals surface area (Å²) in [6.45, 7) is 7.39. The summed E-state index contributed by atoms with van der Waals surface area (Å²) < 4.78 is 5.00. The van der Waals surface area contributed by atoms with E-state index in [9.17, 15) is 9.59 Å². The molecule has 0 spiro atoms. The minimum Gasteiger partial charge on any atom is -0.341 e. The van der Waals surface area contributed by atoms with Crippen LogP contribution in [0.15, 0.2) is 4.52 Å². The Labute approximate surface area is 153 Å². The van der Waals surface area contributed by atoms with Crippen molar-refractivity contribution in [3.8, 4) is 0 Å². The molecule has 2 aliphatic rings. The van der Waals surface area contributed by atoms with Crippen molar-refractivity contribution in [3.05, 3.63) is 11.7 Å². The molecule has 1 atom stereocenters. The first kappa shape index (κ1) is 18.8. The predicted octanol–water partition coefficient (Wildman–Crippen LogP) is -0.568. The molecular weight excluding hydrogens is 336 g/mol. The van der Waals surface area contributed by atoms with Crippen LogP contribution in [0.2, 0.25) is 0 Å². The molecule has 26 heavy (non-hydrogen) atoms. The van der Waals surface area contributed by atoms with E-state index in [1.807, 2.05) is 28.8 Å². The first-order chi connectivity index (χ1) is 12.4. The average Bonchev–Trinajstić information content (AvgIpc) is 3.18. The summed E-state index contributed by atoms with van der Waals surface area (Å²) in [6.07, 6.45) is 0.342. The Morgan fingerprint density at radius 2 is 2.00 bits per heavy atom. The lowest BCUT2D eigenvalue weighted by Gasteiger charge is -2.35. The van der Waals surface area contributed by atoms with Gasteiger partial charge < -0.3 is 19.2 Å². The van der Waals surface area contributed by atoms with Crippen molar-refractivity contribution in [2.45, 2.75) is 19.9 Å². The Balaban J connectivity index is 1.45. The molecule has 0 unspecified atom stereocenters. The molecule has 1 aromatic rings. The highest BCUT2D eigenvalue weighted by Crippen LogP contribution is 2.21. The highest BCUT2D eigenvalue weighted by atomic mass is 16.5. The lowest BCUT2D eigenvalue weighted by atomic mass is 10.1. The number of nitrogens with zero attached hydrogens (tertiary/aromatic N) is 6. The molecule has 1 aromatic heterocycles. The second kappa shape index (κ2) is 8.13. The number of aromatic nitrogens is 2. The van der Waals surface area contributed by atoms with Gasteiger partial charge in [-0.15, -0.1) is 0 Å². The monoisotopic (exact) mass is 364 g/mol. The maximum Gasteiger partial charge on any atom is 0.228 e. The fraction of sp³-hybridized carbons (Fsp3) is 0.765. The fourth-order valence-electron chi connectivity index (χ4n) is 3.46. The van der Waals surface area contributed by atoms with E-state index >= 15 is 0 Å². The molecule has 0 aromatic carbocycles. The summed E-state index contributed by atoms with van der Waals surface area (Å²) in [4.78, 5) is 37.1. The Morgan fingerprint density at radius 3 is 2.62 bits per heavy atom. The Bertz CT molecular complexity index is 638. The van der Waals surface area contributed by atoms with E-state index in [1.54, 1.807) is 6.92 Å². The minimum absolute atomic E-state index is 0.0938. The highest BCUT2D eigenvalue weighted by molar-refractivity contribution is 5.89. The van der Waals surface area contributed by atoms with Crippen LogP contribution in [0.5, 0.6) is 0 Å². The molecule has 0 radical (unpaired) electrons. The third-order valence-electron chi connectivity index (χ3n) is 5.00. The van der Waals surface area contributed by atoms with Gasteiger partial charge in [0.2, 0.25) is 17.7 Å². The van der Waals surface area contributed by atoms with Crippen molar-refractivity contribution in [2.75, 3.05) is 59.9 Å². The van der Waals surface area contributed by atoms with Gasteiger partial charge in [-0.1, -0.05) is 5.16 Å². The molecule has 144 valence electrons. The van der Waals surface area contributed by atoms with Crippen LogP contribution >= 0.6 is 0 Å². The summed E-state index contributed by atoms with van der Waals surface area (Å²) in [5.74, 6) is 1.26. The first-order valence-corrected chi connectivity index (χ1v) is 9.15. The van der Waals surface area contributed by atoms with E-state index in [2.05, 4.69) is 15.0 Å². The Kier molecular flexibility index (Phi) is 5.87. The normalized spacial score (nSPS) is 21.8. The van der Waals surface area contributed by atoms with Gasteiger partial charge in [-0.2, -0.15) is 4.98 Å². The maximum absolute atomic E-state index is 12.8. The molecule has 2 saturated heterocycles. The van der Waals surface area contributed by atoms with E-state index in [0.29, 0.717) is 50.9 Å². The van der Waals surface area contributed by atoms with Gasteiger partial charge in [0.15, 0.2) is 5.82 Å². The minimum atomic E-state index is -0.198. The quantitative estimate of drug-likeness (QED) is 0.668. The van der Waals surface area contributed by atoms with Crippen molar-refractivity contribution in [2.24, 2.45) is 5.92 Å². The van der Waals surface area contributed by atoms with Crippen LogP contribution in [0.3, 0.4) is 0 Å².